The number of benzene rings is 3. The van der Waals surface area contributed by atoms with Crippen LogP contribution in [-0.2, 0) is 14.0 Å². The van der Waals surface area contributed by atoms with Gasteiger partial charge in [0.25, 0.3) is 0 Å². The third-order valence-corrected chi connectivity index (χ3v) is 8.05. The predicted octanol–water partition coefficient (Wildman–Crippen LogP) is 5.35. The Morgan fingerprint density at radius 2 is 1.49 bits per heavy atom. The third kappa shape index (κ3) is 5.40. The van der Waals surface area contributed by atoms with Gasteiger partial charge in [-0.05, 0) is 61.5 Å². The zero-order chi connectivity index (χ0) is 29.5. The van der Waals surface area contributed by atoms with E-state index in [-0.39, 0.29) is 35.9 Å². The number of carbonyl (C=O) groups excluding carboxylic acids is 1. The van der Waals surface area contributed by atoms with E-state index in [1.807, 2.05) is 64.1 Å². The molecule has 0 saturated carbocycles. The lowest BCUT2D eigenvalue weighted by molar-refractivity contribution is 0.00578. The van der Waals surface area contributed by atoms with Crippen LogP contribution >= 0.6 is 0 Å². The first kappa shape index (κ1) is 28.3. The molecule has 10 heteroatoms. The van der Waals surface area contributed by atoms with Crippen LogP contribution < -0.4 is 5.32 Å². The van der Waals surface area contributed by atoms with Crippen molar-refractivity contribution in [1.82, 2.24) is 5.32 Å². The quantitative estimate of drug-likeness (QED) is 0.286. The second-order valence-corrected chi connectivity index (χ2v) is 11.2. The van der Waals surface area contributed by atoms with Gasteiger partial charge in [0.15, 0.2) is 0 Å². The largest absolute Gasteiger partial charge is 0.507 e. The Balaban J connectivity index is 1.35. The Morgan fingerprint density at radius 1 is 0.927 bits per heavy atom. The number of carboxylic acids is 1. The Bertz CT molecular complexity index is 1490. The normalized spacial score (nSPS) is 17.2. The number of amides is 1. The van der Waals surface area contributed by atoms with E-state index in [0.29, 0.717) is 5.47 Å². The highest BCUT2D eigenvalue weighted by molar-refractivity contribution is 6.56. The number of carbonyl (C=O) groups is 2. The molecule has 1 saturated heterocycles. The lowest BCUT2D eigenvalue weighted by atomic mass is 9.76. The van der Waals surface area contributed by atoms with Crippen LogP contribution in [0, 0.1) is 0 Å². The smallest absolute Gasteiger partial charge is 0.492 e. The van der Waals surface area contributed by atoms with Gasteiger partial charge < -0.3 is 34.7 Å². The highest BCUT2D eigenvalue weighted by Gasteiger charge is 2.52. The fraction of sp³-hybridized carbons (Fsp3) is 0.290. The molecule has 1 amide bonds. The highest BCUT2D eigenvalue weighted by atomic mass is 16.7. The van der Waals surface area contributed by atoms with Crippen molar-refractivity contribution in [2.24, 2.45) is 0 Å². The molecule has 4 N–H and O–H groups in total. The second kappa shape index (κ2) is 10.6. The van der Waals surface area contributed by atoms with Gasteiger partial charge in [-0.3, -0.25) is 0 Å². The molecule has 1 aliphatic carbocycles. The molecule has 0 aromatic heterocycles. The molecule has 0 bridgehead atoms. The Labute approximate surface area is 238 Å². The van der Waals surface area contributed by atoms with Crippen LogP contribution in [0.25, 0.3) is 17.2 Å². The van der Waals surface area contributed by atoms with Crippen molar-refractivity contribution in [3.05, 3.63) is 88.4 Å². The summed E-state index contributed by atoms with van der Waals surface area (Å²) in [5.74, 6) is -2.37. The molecule has 0 spiro atoms. The van der Waals surface area contributed by atoms with Gasteiger partial charge in [0.2, 0.25) is 0 Å². The van der Waals surface area contributed by atoms with Crippen molar-refractivity contribution in [2.75, 3.05) is 13.2 Å². The summed E-state index contributed by atoms with van der Waals surface area (Å²) in [6, 6.07) is 18.2. The molecule has 1 fully saturated rings. The maximum atomic E-state index is 12.9. The monoisotopic (exact) mass is 557 g/mol. The fourth-order valence-electron chi connectivity index (χ4n) is 5.10. The van der Waals surface area contributed by atoms with Crippen molar-refractivity contribution in [3.8, 4) is 22.6 Å². The number of alkyl carbamates (subject to hydrolysis) is 1. The van der Waals surface area contributed by atoms with E-state index < -0.39 is 36.1 Å². The third-order valence-electron chi connectivity index (χ3n) is 8.05. The van der Waals surface area contributed by atoms with E-state index in [0.717, 1.165) is 34.4 Å². The van der Waals surface area contributed by atoms with Crippen molar-refractivity contribution in [1.29, 1.82) is 0 Å². The summed E-state index contributed by atoms with van der Waals surface area (Å²) >= 11 is 0. The van der Waals surface area contributed by atoms with E-state index in [4.69, 9.17) is 14.0 Å². The number of phenolic OH excluding ortho intramolecular Hbond substituents is 1. The molecule has 1 heterocycles. The van der Waals surface area contributed by atoms with E-state index in [1.54, 1.807) is 0 Å². The maximum Gasteiger partial charge on any atom is 0.492 e. The van der Waals surface area contributed by atoms with E-state index in [2.05, 4.69) is 17.4 Å². The molecule has 41 heavy (non-hydrogen) atoms. The van der Waals surface area contributed by atoms with Crippen LogP contribution in [-0.4, -0.2) is 58.9 Å². The lowest BCUT2D eigenvalue weighted by Gasteiger charge is -2.32. The van der Waals surface area contributed by atoms with Crippen molar-refractivity contribution >= 4 is 25.3 Å². The summed E-state index contributed by atoms with van der Waals surface area (Å²) in [6.07, 6.45) is 0.822. The van der Waals surface area contributed by atoms with Gasteiger partial charge in [-0.15, -0.1) is 0 Å². The Morgan fingerprint density at radius 3 is 2.05 bits per heavy atom. The standard InChI is InChI=1S/C31H32BNO8/c1-30(2)31(3,4)41-32(40-30)19(13-18-14-24(28(36)37)27(35)15-26(18)34)16-33-29(38)39-17-25-22-11-7-5-9-20(22)21-10-6-8-12-23(21)25/h5-15,25,34-35H,16-17H2,1-4H3,(H,33,38)(H,36,37). The first-order valence-corrected chi connectivity index (χ1v) is 13.3. The number of phenols is 2. The number of nitrogens with one attached hydrogen (secondary N) is 1. The van der Waals surface area contributed by atoms with Gasteiger partial charge in [-0.1, -0.05) is 54.6 Å². The molecule has 3 aromatic carbocycles. The number of aromatic hydroxyl groups is 2. The van der Waals surface area contributed by atoms with Gasteiger partial charge in [0.05, 0.1) is 11.2 Å². The molecular formula is C31H32BNO8. The van der Waals surface area contributed by atoms with Gasteiger partial charge in [0.1, 0.15) is 23.7 Å². The molecule has 1 aliphatic heterocycles. The summed E-state index contributed by atoms with van der Waals surface area (Å²) < 4.78 is 18.0. The number of fused-ring (bicyclic) bond motifs is 3. The van der Waals surface area contributed by atoms with Crippen LogP contribution in [0.15, 0.2) is 66.1 Å². The zero-order valence-corrected chi connectivity index (χ0v) is 23.3. The van der Waals surface area contributed by atoms with Crippen LogP contribution in [0.4, 0.5) is 4.79 Å². The lowest BCUT2D eigenvalue weighted by Crippen LogP contribution is -2.41. The van der Waals surface area contributed by atoms with Crippen LogP contribution in [0.5, 0.6) is 11.5 Å². The SMILES string of the molecule is CC1(C)OB(C(=Cc2cc(C(=O)O)c(O)cc2O)CNC(=O)OCC2c3ccccc3-c3ccccc32)OC1(C)C. The van der Waals surface area contributed by atoms with Crippen LogP contribution in [0.1, 0.15) is 60.7 Å². The minimum absolute atomic E-state index is 0.0732. The minimum atomic E-state index is -1.36. The Kier molecular flexibility index (Phi) is 7.31. The predicted molar refractivity (Wildman–Crippen MR) is 154 cm³/mol. The van der Waals surface area contributed by atoms with Crippen molar-refractivity contribution in [2.45, 2.75) is 44.8 Å². The van der Waals surface area contributed by atoms with Crippen LogP contribution in [0.2, 0.25) is 0 Å². The maximum absolute atomic E-state index is 12.9. The first-order chi connectivity index (χ1) is 19.4. The van der Waals surface area contributed by atoms with Crippen molar-refractivity contribution in [3.63, 3.8) is 0 Å². The number of carboxylic acid groups (broad SMARTS) is 1. The van der Waals surface area contributed by atoms with Gasteiger partial charge in [-0.25, -0.2) is 9.59 Å². The number of hydrogen-bond acceptors (Lipinski definition) is 7. The van der Waals surface area contributed by atoms with Gasteiger partial charge in [-0.2, -0.15) is 0 Å². The molecule has 5 rings (SSSR count). The highest BCUT2D eigenvalue weighted by Crippen LogP contribution is 2.44. The summed E-state index contributed by atoms with van der Waals surface area (Å²) in [5, 5.41) is 32.5. The fourth-order valence-corrected chi connectivity index (χ4v) is 5.10. The van der Waals surface area contributed by atoms with Gasteiger partial charge >= 0.3 is 19.2 Å². The van der Waals surface area contributed by atoms with Crippen molar-refractivity contribution < 1.29 is 39.0 Å². The molecule has 0 radical (unpaired) electrons. The molecule has 9 nitrogen and oxygen atoms in total. The Hall–Kier alpha value is -4.28. The molecule has 2 aliphatic rings. The second-order valence-electron chi connectivity index (χ2n) is 11.2. The average Bonchev–Trinajstić information content (AvgIpc) is 3.35. The number of rotatable bonds is 7. The van der Waals surface area contributed by atoms with Gasteiger partial charge in [0, 0.05) is 24.1 Å². The van der Waals surface area contributed by atoms with E-state index >= 15 is 0 Å². The molecule has 0 unspecified atom stereocenters. The topological polar surface area (TPSA) is 135 Å². The summed E-state index contributed by atoms with van der Waals surface area (Å²) in [7, 11) is -0.907. The molecule has 3 aromatic rings. The minimum Gasteiger partial charge on any atom is -0.507 e. The summed E-state index contributed by atoms with van der Waals surface area (Å²) in [4.78, 5) is 24.5. The average molecular weight is 557 g/mol. The number of ether oxygens (including phenoxy) is 1. The number of aromatic carboxylic acids is 1. The summed E-state index contributed by atoms with van der Waals surface area (Å²) in [6.45, 7) is 7.58. The molecule has 0 atom stereocenters. The van der Waals surface area contributed by atoms with Crippen LogP contribution in [0.3, 0.4) is 0 Å². The van der Waals surface area contributed by atoms with E-state index in [1.165, 1.54) is 6.08 Å². The van der Waals surface area contributed by atoms with E-state index in [9.17, 15) is 24.9 Å². The number of hydrogen-bond donors (Lipinski definition) is 4. The first-order valence-electron chi connectivity index (χ1n) is 13.3. The molecular weight excluding hydrogens is 525 g/mol. The molecule has 212 valence electrons. The summed E-state index contributed by atoms with van der Waals surface area (Å²) in [5.41, 5.74) is 3.19. The zero-order valence-electron chi connectivity index (χ0n) is 23.3.